The Morgan fingerprint density at radius 3 is 2.64 bits per heavy atom. The maximum Gasteiger partial charge on any atom is 0.419 e. The summed E-state index contributed by atoms with van der Waals surface area (Å²) in [5.41, 5.74) is -1.79. The van der Waals surface area contributed by atoms with Crippen molar-refractivity contribution in [1.29, 1.82) is 0 Å². The average Bonchev–Trinajstić information content (AvgIpc) is 2.75. The molecule has 25 heavy (non-hydrogen) atoms. The van der Waals surface area contributed by atoms with E-state index in [4.69, 9.17) is 17.3 Å². The van der Waals surface area contributed by atoms with Gasteiger partial charge in [0.05, 0.1) is 10.5 Å². The number of carboxylic acids is 1. The summed E-state index contributed by atoms with van der Waals surface area (Å²) in [6.07, 6.45) is -3.81. The van der Waals surface area contributed by atoms with Gasteiger partial charge in [0, 0.05) is 18.5 Å². The number of aliphatic carboxylic acids is 1. The van der Waals surface area contributed by atoms with Crippen LogP contribution in [-0.4, -0.2) is 32.7 Å². The molecule has 1 amide bonds. The van der Waals surface area contributed by atoms with E-state index in [0.29, 0.717) is 6.07 Å². The number of nitrogens with zero attached hydrogens (tertiary/aromatic N) is 1. The quantitative estimate of drug-likeness (QED) is 0.467. The second-order valence-corrected chi connectivity index (χ2v) is 6.71. The molecule has 0 radical (unpaired) electrons. The van der Waals surface area contributed by atoms with Gasteiger partial charge in [0.15, 0.2) is 0 Å². The minimum Gasteiger partial charge on any atom is -0.481 e. The van der Waals surface area contributed by atoms with Crippen LogP contribution in [0.5, 0.6) is 0 Å². The highest BCUT2D eigenvalue weighted by atomic mass is 32.2. The van der Waals surface area contributed by atoms with Crippen LogP contribution >= 0.6 is 24.0 Å². The van der Waals surface area contributed by atoms with Gasteiger partial charge in [0.25, 0.3) is 5.91 Å². The van der Waals surface area contributed by atoms with Gasteiger partial charge < -0.3 is 5.11 Å². The molecule has 1 aromatic carbocycles. The van der Waals surface area contributed by atoms with E-state index in [1.165, 1.54) is 0 Å². The number of thiocarbonyl (C=S) groups is 1. The van der Waals surface area contributed by atoms with Gasteiger partial charge in [0.1, 0.15) is 10.1 Å². The van der Waals surface area contributed by atoms with Gasteiger partial charge in [0.2, 0.25) is 0 Å². The van der Waals surface area contributed by atoms with Crippen molar-refractivity contribution in [2.24, 2.45) is 0 Å². The van der Waals surface area contributed by atoms with Crippen LogP contribution < -0.4 is 0 Å². The Labute approximate surface area is 149 Å². The molecule has 1 saturated heterocycles. The van der Waals surface area contributed by atoms with Crippen LogP contribution in [0.4, 0.5) is 17.6 Å². The zero-order valence-electron chi connectivity index (χ0n) is 12.5. The fraction of sp³-hybridized carbons (Fsp3) is 0.267. The molecule has 1 N–H and O–H groups in total. The molecule has 1 aliphatic heterocycles. The second kappa shape index (κ2) is 7.52. The Hall–Kier alpha value is -1.94. The molecule has 1 aromatic rings. The largest absolute Gasteiger partial charge is 0.481 e. The van der Waals surface area contributed by atoms with Crippen molar-refractivity contribution in [2.75, 3.05) is 6.54 Å². The van der Waals surface area contributed by atoms with Crippen LogP contribution in [0.1, 0.15) is 24.0 Å². The van der Waals surface area contributed by atoms with Gasteiger partial charge in [-0.25, -0.2) is 4.39 Å². The van der Waals surface area contributed by atoms with Gasteiger partial charge in [-0.05, 0) is 18.6 Å². The Kier molecular flexibility index (Phi) is 5.83. The summed E-state index contributed by atoms with van der Waals surface area (Å²) < 4.78 is 52.4. The van der Waals surface area contributed by atoms with Crippen LogP contribution in [-0.2, 0) is 15.8 Å². The molecule has 1 aliphatic rings. The minimum atomic E-state index is -4.84. The molecule has 4 nitrogen and oxygen atoms in total. The number of halogens is 4. The number of carboxylic acid groups (broad SMARTS) is 1. The van der Waals surface area contributed by atoms with Gasteiger partial charge in [-0.15, -0.1) is 0 Å². The summed E-state index contributed by atoms with van der Waals surface area (Å²) in [6, 6.07) is 2.79. The van der Waals surface area contributed by atoms with Crippen molar-refractivity contribution in [3.63, 3.8) is 0 Å². The van der Waals surface area contributed by atoms with E-state index >= 15 is 0 Å². The van der Waals surface area contributed by atoms with Crippen LogP contribution in [0.25, 0.3) is 6.08 Å². The lowest BCUT2D eigenvalue weighted by molar-refractivity contribution is -0.140. The number of amides is 1. The Morgan fingerprint density at radius 1 is 1.36 bits per heavy atom. The molecule has 0 aliphatic carbocycles. The Bertz CT molecular complexity index is 762. The van der Waals surface area contributed by atoms with E-state index in [1.807, 2.05) is 0 Å². The summed E-state index contributed by atoms with van der Waals surface area (Å²) in [6.45, 7) is 0.0688. The van der Waals surface area contributed by atoms with Crippen molar-refractivity contribution < 1.29 is 32.3 Å². The van der Waals surface area contributed by atoms with E-state index in [9.17, 15) is 27.2 Å². The topological polar surface area (TPSA) is 57.6 Å². The number of rotatable bonds is 5. The standard InChI is InChI=1S/C15H11F4NO3S2/c16-12-8(3-1-4-9(12)15(17,18)19)7-10-13(23)20(14(24)25-10)6-2-5-11(21)22/h1,3-4,7H,2,5-6H2,(H,21,22)/b10-7-. The van der Waals surface area contributed by atoms with Gasteiger partial charge in [-0.2, -0.15) is 13.2 Å². The van der Waals surface area contributed by atoms with Gasteiger partial charge in [-0.3, -0.25) is 14.5 Å². The molecule has 0 spiro atoms. The van der Waals surface area contributed by atoms with E-state index < -0.39 is 29.4 Å². The lowest BCUT2D eigenvalue weighted by atomic mass is 10.1. The summed E-state index contributed by atoms with van der Waals surface area (Å²) in [7, 11) is 0. The van der Waals surface area contributed by atoms with Crippen molar-refractivity contribution in [2.45, 2.75) is 19.0 Å². The Morgan fingerprint density at radius 2 is 2.04 bits per heavy atom. The maximum absolute atomic E-state index is 14.0. The van der Waals surface area contributed by atoms with Crippen LogP contribution in [0.15, 0.2) is 23.1 Å². The van der Waals surface area contributed by atoms with Gasteiger partial charge in [-0.1, -0.05) is 36.1 Å². The first kappa shape index (κ1) is 19.4. The first-order valence-electron chi connectivity index (χ1n) is 6.94. The lowest BCUT2D eigenvalue weighted by Gasteiger charge is -2.13. The fourth-order valence-electron chi connectivity index (χ4n) is 2.10. The smallest absolute Gasteiger partial charge is 0.419 e. The van der Waals surface area contributed by atoms with Crippen molar-refractivity contribution in [3.8, 4) is 0 Å². The first-order chi connectivity index (χ1) is 11.6. The fourth-order valence-corrected chi connectivity index (χ4v) is 3.40. The Balaban J connectivity index is 2.24. The van der Waals surface area contributed by atoms with Crippen LogP contribution in [0.3, 0.4) is 0 Å². The van der Waals surface area contributed by atoms with Crippen LogP contribution in [0.2, 0.25) is 0 Å². The molecular weight excluding hydrogens is 382 g/mol. The molecule has 0 bridgehead atoms. The minimum absolute atomic E-state index is 0.0152. The van der Waals surface area contributed by atoms with Crippen molar-refractivity contribution >= 4 is 46.3 Å². The highest BCUT2D eigenvalue weighted by Gasteiger charge is 2.36. The molecule has 0 saturated carbocycles. The molecule has 2 rings (SSSR count). The summed E-state index contributed by atoms with van der Waals surface area (Å²) in [5.74, 6) is -3.07. The molecule has 0 aromatic heterocycles. The normalized spacial score (nSPS) is 16.8. The van der Waals surface area contributed by atoms with E-state index in [0.717, 1.165) is 34.9 Å². The number of benzene rings is 1. The second-order valence-electron chi connectivity index (χ2n) is 5.04. The number of hydrogen-bond acceptors (Lipinski definition) is 4. The predicted octanol–water partition coefficient (Wildman–Crippen LogP) is 3.91. The summed E-state index contributed by atoms with van der Waals surface area (Å²) in [4.78, 5) is 23.9. The highest BCUT2D eigenvalue weighted by molar-refractivity contribution is 8.26. The molecule has 134 valence electrons. The highest BCUT2D eigenvalue weighted by Crippen LogP contribution is 2.36. The number of hydrogen-bond donors (Lipinski definition) is 1. The monoisotopic (exact) mass is 393 g/mol. The number of alkyl halides is 3. The zero-order valence-corrected chi connectivity index (χ0v) is 14.1. The third-order valence-corrected chi connectivity index (χ3v) is 4.64. The molecule has 1 heterocycles. The van der Waals surface area contributed by atoms with E-state index in [-0.39, 0.29) is 34.2 Å². The summed E-state index contributed by atoms with van der Waals surface area (Å²) in [5, 5.41) is 8.60. The predicted molar refractivity (Wildman–Crippen MR) is 88.2 cm³/mol. The molecule has 0 atom stereocenters. The third-order valence-electron chi connectivity index (χ3n) is 3.27. The van der Waals surface area contributed by atoms with Crippen LogP contribution in [0, 0.1) is 5.82 Å². The summed E-state index contributed by atoms with van der Waals surface area (Å²) >= 11 is 5.84. The van der Waals surface area contributed by atoms with Crippen molar-refractivity contribution in [1.82, 2.24) is 4.90 Å². The third kappa shape index (κ3) is 4.57. The molecule has 1 fully saturated rings. The maximum atomic E-state index is 14.0. The number of carbonyl (C=O) groups excluding carboxylic acids is 1. The zero-order chi connectivity index (χ0) is 18.8. The van der Waals surface area contributed by atoms with E-state index in [2.05, 4.69) is 0 Å². The lowest BCUT2D eigenvalue weighted by Crippen LogP contribution is -2.29. The van der Waals surface area contributed by atoms with Gasteiger partial charge >= 0.3 is 12.1 Å². The SMILES string of the molecule is O=C(O)CCCN1C(=O)/C(=C/c2cccc(C(F)(F)F)c2F)SC1=S. The first-order valence-corrected chi connectivity index (χ1v) is 8.16. The number of thioether (sulfide) groups is 1. The van der Waals surface area contributed by atoms with E-state index in [1.54, 1.807) is 0 Å². The number of carbonyl (C=O) groups is 2. The molecule has 0 unspecified atom stereocenters. The molecular formula is C15H11F4NO3S2. The van der Waals surface area contributed by atoms with Crippen molar-refractivity contribution in [3.05, 3.63) is 40.0 Å². The molecule has 10 heteroatoms. The average molecular weight is 393 g/mol.